The van der Waals surface area contributed by atoms with Gasteiger partial charge in [0.1, 0.15) is 5.75 Å². The lowest BCUT2D eigenvalue weighted by Crippen LogP contribution is -2.36. The first kappa shape index (κ1) is 15.6. The minimum atomic E-state index is -1.30. The van der Waals surface area contributed by atoms with Crippen molar-refractivity contribution in [1.82, 2.24) is 0 Å². The maximum Gasteiger partial charge on any atom is 0.314 e. The van der Waals surface area contributed by atoms with Crippen LogP contribution in [0.2, 0.25) is 0 Å². The van der Waals surface area contributed by atoms with E-state index in [1.54, 1.807) is 42.5 Å². The molecule has 0 unspecified atom stereocenters. The SMILES string of the molecule is C[C@](CC(=O)Nc1ccc(O)cc1)(C(=O)O)c1ccccc1. The third-order valence-electron chi connectivity index (χ3n) is 3.55. The number of carboxylic acid groups (broad SMARTS) is 1. The van der Waals surface area contributed by atoms with Crippen molar-refractivity contribution >= 4 is 17.6 Å². The highest BCUT2D eigenvalue weighted by Crippen LogP contribution is 2.28. The summed E-state index contributed by atoms with van der Waals surface area (Å²) in [5.41, 5.74) is -0.227. The Kier molecular flexibility index (Phi) is 4.46. The van der Waals surface area contributed by atoms with Crippen molar-refractivity contribution in [2.24, 2.45) is 0 Å². The Balaban J connectivity index is 2.16. The molecule has 0 aliphatic rings. The molecule has 1 amide bonds. The van der Waals surface area contributed by atoms with Gasteiger partial charge < -0.3 is 15.5 Å². The molecule has 3 N–H and O–H groups in total. The minimum Gasteiger partial charge on any atom is -0.508 e. The van der Waals surface area contributed by atoms with Gasteiger partial charge in [-0.3, -0.25) is 9.59 Å². The van der Waals surface area contributed by atoms with Crippen molar-refractivity contribution < 1.29 is 19.8 Å². The summed E-state index contributed by atoms with van der Waals surface area (Å²) in [6.07, 6.45) is -0.187. The number of phenolic OH excluding ortho intramolecular Hbond substituents is 1. The highest BCUT2D eigenvalue weighted by atomic mass is 16.4. The number of carboxylic acids is 1. The predicted molar refractivity (Wildman–Crippen MR) is 82.8 cm³/mol. The standard InChI is InChI=1S/C17H17NO4/c1-17(16(21)22,12-5-3-2-4-6-12)11-15(20)18-13-7-9-14(19)10-8-13/h2-10,19H,11H2,1H3,(H,18,20)(H,21,22)/t17-/m1/s1. The Morgan fingerprint density at radius 3 is 2.18 bits per heavy atom. The number of anilines is 1. The molecule has 0 bridgehead atoms. The number of aromatic hydroxyl groups is 1. The lowest BCUT2D eigenvalue weighted by Gasteiger charge is -2.24. The first-order valence-corrected chi connectivity index (χ1v) is 6.79. The molecule has 0 aliphatic carbocycles. The Morgan fingerprint density at radius 1 is 1.05 bits per heavy atom. The molecule has 5 heteroatoms. The van der Waals surface area contributed by atoms with Crippen LogP contribution in [-0.2, 0) is 15.0 Å². The molecule has 2 aromatic rings. The van der Waals surface area contributed by atoms with Gasteiger partial charge in [-0.05, 0) is 36.8 Å². The van der Waals surface area contributed by atoms with Crippen molar-refractivity contribution in [2.45, 2.75) is 18.8 Å². The molecular weight excluding hydrogens is 282 g/mol. The third kappa shape index (κ3) is 3.44. The van der Waals surface area contributed by atoms with Crippen molar-refractivity contribution in [2.75, 3.05) is 5.32 Å². The van der Waals surface area contributed by atoms with Crippen LogP contribution in [0.25, 0.3) is 0 Å². The van der Waals surface area contributed by atoms with Crippen LogP contribution in [-0.4, -0.2) is 22.1 Å². The maximum absolute atomic E-state index is 12.2. The molecular formula is C17H17NO4. The van der Waals surface area contributed by atoms with Crippen LogP contribution in [0.1, 0.15) is 18.9 Å². The topological polar surface area (TPSA) is 86.6 Å². The smallest absolute Gasteiger partial charge is 0.314 e. The number of carbonyl (C=O) groups is 2. The number of aliphatic carboxylic acids is 1. The zero-order valence-electron chi connectivity index (χ0n) is 12.1. The summed E-state index contributed by atoms with van der Waals surface area (Å²) in [7, 11) is 0. The van der Waals surface area contributed by atoms with Crippen molar-refractivity contribution in [3.63, 3.8) is 0 Å². The molecule has 0 spiro atoms. The number of hydrogen-bond donors (Lipinski definition) is 3. The van der Waals surface area contributed by atoms with Crippen molar-refractivity contribution in [1.29, 1.82) is 0 Å². The number of nitrogens with one attached hydrogen (secondary N) is 1. The van der Waals surface area contributed by atoms with E-state index in [-0.39, 0.29) is 12.2 Å². The van der Waals surface area contributed by atoms with Crippen LogP contribution in [0.4, 0.5) is 5.69 Å². The predicted octanol–water partition coefficient (Wildman–Crippen LogP) is 2.76. The van der Waals surface area contributed by atoms with Crippen LogP contribution in [0.15, 0.2) is 54.6 Å². The molecule has 5 nitrogen and oxygen atoms in total. The molecule has 0 saturated heterocycles. The van der Waals surface area contributed by atoms with Gasteiger partial charge in [0, 0.05) is 12.1 Å². The minimum absolute atomic E-state index is 0.0951. The Labute approximate surface area is 128 Å². The van der Waals surface area contributed by atoms with E-state index >= 15 is 0 Å². The summed E-state index contributed by atoms with van der Waals surface area (Å²) in [5, 5.41) is 21.4. The van der Waals surface area contributed by atoms with E-state index in [0.29, 0.717) is 11.3 Å². The van der Waals surface area contributed by atoms with E-state index in [9.17, 15) is 19.8 Å². The van der Waals surface area contributed by atoms with Gasteiger partial charge in [0.2, 0.25) is 5.91 Å². The van der Waals surface area contributed by atoms with Crippen LogP contribution in [0.5, 0.6) is 5.75 Å². The van der Waals surface area contributed by atoms with Gasteiger partial charge in [-0.25, -0.2) is 0 Å². The van der Waals surface area contributed by atoms with Gasteiger partial charge in [-0.15, -0.1) is 0 Å². The van der Waals surface area contributed by atoms with Crippen LogP contribution >= 0.6 is 0 Å². The fourth-order valence-electron chi connectivity index (χ4n) is 2.18. The number of amides is 1. The quantitative estimate of drug-likeness (QED) is 0.741. The number of carbonyl (C=O) groups excluding carboxylic acids is 1. The molecule has 2 aromatic carbocycles. The molecule has 0 heterocycles. The Bertz CT molecular complexity index is 667. The van der Waals surface area contributed by atoms with Gasteiger partial charge in [-0.1, -0.05) is 30.3 Å². The number of phenols is 1. The monoisotopic (exact) mass is 299 g/mol. The van der Waals surface area contributed by atoms with Gasteiger partial charge >= 0.3 is 5.97 Å². The number of benzene rings is 2. The average molecular weight is 299 g/mol. The second kappa shape index (κ2) is 6.30. The second-order valence-electron chi connectivity index (χ2n) is 5.28. The summed E-state index contributed by atoms with van der Waals surface area (Å²) in [6, 6.07) is 14.7. The summed E-state index contributed by atoms with van der Waals surface area (Å²) < 4.78 is 0. The molecule has 114 valence electrons. The van der Waals surface area contributed by atoms with E-state index in [2.05, 4.69) is 5.32 Å². The summed E-state index contributed by atoms with van der Waals surface area (Å²) >= 11 is 0. The zero-order valence-corrected chi connectivity index (χ0v) is 12.1. The molecule has 0 radical (unpaired) electrons. The molecule has 22 heavy (non-hydrogen) atoms. The lowest BCUT2D eigenvalue weighted by atomic mass is 9.79. The highest BCUT2D eigenvalue weighted by Gasteiger charge is 2.37. The van der Waals surface area contributed by atoms with E-state index in [0.717, 1.165) is 0 Å². The van der Waals surface area contributed by atoms with Crippen LogP contribution in [0, 0.1) is 0 Å². The Hall–Kier alpha value is -2.82. The van der Waals surface area contributed by atoms with E-state index in [1.165, 1.54) is 19.1 Å². The lowest BCUT2D eigenvalue weighted by molar-refractivity contribution is -0.145. The van der Waals surface area contributed by atoms with E-state index < -0.39 is 17.3 Å². The van der Waals surface area contributed by atoms with Crippen molar-refractivity contribution in [3.05, 3.63) is 60.2 Å². The zero-order chi connectivity index (χ0) is 16.2. The molecule has 0 fully saturated rings. The van der Waals surface area contributed by atoms with E-state index in [4.69, 9.17) is 0 Å². The molecule has 1 atom stereocenters. The first-order valence-electron chi connectivity index (χ1n) is 6.79. The average Bonchev–Trinajstić information content (AvgIpc) is 2.50. The summed E-state index contributed by atoms with van der Waals surface area (Å²) in [5.74, 6) is -1.36. The van der Waals surface area contributed by atoms with Crippen LogP contribution < -0.4 is 5.32 Å². The molecule has 0 saturated carbocycles. The van der Waals surface area contributed by atoms with Gasteiger partial charge in [0.25, 0.3) is 0 Å². The molecule has 2 rings (SSSR count). The normalized spacial score (nSPS) is 13.1. The number of rotatable bonds is 5. The Morgan fingerprint density at radius 2 is 1.64 bits per heavy atom. The fraction of sp³-hybridized carbons (Fsp3) is 0.176. The second-order valence-corrected chi connectivity index (χ2v) is 5.28. The van der Waals surface area contributed by atoms with E-state index in [1.807, 2.05) is 0 Å². The summed E-state index contributed by atoms with van der Waals surface area (Å²) in [6.45, 7) is 1.53. The fourth-order valence-corrected chi connectivity index (χ4v) is 2.18. The largest absolute Gasteiger partial charge is 0.508 e. The maximum atomic E-state index is 12.2. The molecule has 0 aliphatic heterocycles. The van der Waals surface area contributed by atoms with Gasteiger partial charge in [0.05, 0.1) is 5.41 Å². The highest BCUT2D eigenvalue weighted by molar-refractivity contribution is 5.96. The van der Waals surface area contributed by atoms with Crippen LogP contribution in [0.3, 0.4) is 0 Å². The van der Waals surface area contributed by atoms with Gasteiger partial charge in [-0.2, -0.15) is 0 Å². The summed E-state index contributed by atoms with van der Waals surface area (Å²) in [4.78, 5) is 23.8. The van der Waals surface area contributed by atoms with Crippen molar-refractivity contribution in [3.8, 4) is 5.75 Å². The van der Waals surface area contributed by atoms with Gasteiger partial charge in [0.15, 0.2) is 0 Å². The molecule has 0 aromatic heterocycles. The third-order valence-corrected chi connectivity index (χ3v) is 3.55. The number of hydrogen-bond acceptors (Lipinski definition) is 3. The first-order chi connectivity index (χ1) is 10.4.